The van der Waals surface area contributed by atoms with E-state index in [1.807, 2.05) is 36.4 Å². The zero-order chi connectivity index (χ0) is 17.4. The number of carbonyl (C=O) groups excluding carboxylic acids is 1. The molecule has 0 aliphatic heterocycles. The van der Waals surface area contributed by atoms with Crippen molar-refractivity contribution in [3.05, 3.63) is 65.7 Å². The second-order valence-electron chi connectivity index (χ2n) is 5.05. The predicted octanol–water partition coefficient (Wildman–Crippen LogP) is 1.54. The number of nitrogens with zero attached hydrogens (tertiary/aromatic N) is 1. The lowest BCUT2D eigenvalue weighted by Gasteiger charge is -2.08. The number of hydrogen-bond acceptors (Lipinski definition) is 4. The summed E-state index contributed by atoms with van der Waals surface area (Å²) in [6.45, 7) is 0.408. The Labute approximate surface area is 141 Å². The van der Waals surface area contributed by atoms with E-state index in [1.165, 1.54) is 24.3 Å². The minimum Gasteiger partial charge on any atom is -0.352 e. The van der Waals surface area contributed by atoms with Gasteiger partial charge >= 0.3 is 0 Å². The number of benzene rings is 2. The molecule has 0 heterocycles. The van der Waals surface area contributed by atoms with Crippen molar-refractivity contribution in [3.63, 3.8) is 0 Å². The molecule has 2 aromatic rings. The summed E-state index contributed by atoms with van der Waals surface area (Å²) in [6, 6.07) is 17.0. The molecule has 6 nitrogen and oxygen atoms in total. The average Bonchev–Trinajstić information content (AvgIpc) is 2.61. The summed E-state index contributed by atoms with van der Waals surface area (Å²) >= 11 is 0. The van der Waals surface area contributed by atoms with E-state index in [1.54, 1.807) is 0 Å². The van der Waals surface area contributed by atoms with E-state index >= 15 is 0 Å². The molecule has 0 fully saturated rings. The Bertz CT molecular complexity index is 826. The molecule has 0 bridgehead atoms. The molecule has 0 spiro atoms. The second kappa shape index (κ2) is 8.24. The molecule has 0 atom stereocenters. The molecule has 2 aromatic carbocycles. The minimum absolute atomic E-state index is 0.00293. The van der Waals surface area contributed by atoms with Crippen molar-refractivity contribution in [2.24, 2.45) is 0 Å². The number of nitrogens with one attached hydrogen (secondary N) is 2. The number of hydrogen-bond donors (Lipinski definition) is 2. The summed E-state index contributed by atoms with van der Waals surface area (Å²) in [5.74, 6) is -0.235. The fourth-order valence-corrected chi connectivity index (χ4v) is 3.01. The van der Waals surface area contributed by atoms with Crippen molar-refractivity contribution in [3.8, 4) is 6.07 Å². The van der Waals surface area contributed by atoms with Crippen LogP contribution in [0, 0.1) is 11.3 Å². The normalized spacial score (nSPS) is 10.8. The summed E-state index contributed by atoms with van der Waals surface area (Å²) in [4.78, 5) is 11.8. The fourth-order valence-electron chi connectivity index (χ4n) is 1.98. The van der Waals surface area contributed by atoms with Gasteiger partial charge in [0.25, 0.3) is 0 Å². The van der Waals surface area contributed by atoms with Crippen molar-refractivity contribution in [2.45, 2.75) is 17.9 Å². The van der Waals surface area contributed by atoms with Crippen LogP contribution in [0.4, 0.5) is 0 Å². The largest absolute Gasteiger partial charge is 0.352 e. The number of carbonyl (C=O) groups is 1. The number of sulfonamides is 1. The van der Waals surface area contributed by atoms with Crippen LogP contribution in [-0.4, -0.2) is 20.9 Å². The van der Waals surface area contributed by atoms with E-state index in [0.717, 1.165) is 5.56 Å². The van der Waals surface area contributed by atoms with E-state index in [2.05, 4.69) is 10.0 Å². The van der Waals surface area contributed by atoms with Gasteiger partial charge in [-0.25, -0.2) is 13.1 Å². The van der Waals surface area contributed by atoms with Gasteiger partial charge in [0, 0.05) is 19.5 Å². The molecule has 0 aliphatic rings. The van der Waals surface area contributed by atoms with Gasteiger partial charge in [0.1, 0.15) is 0 Å². The van der Waals surface area contributed by atoms with E-state index in [4.69, 9.17) is 5.26 Å². The molecule has 0 saturated heterocycles. The molecule has 7 heteroatoms. The molecule has 124 valence electrons. The van der Waals surface area contributed by atoms with Crippen LogP contribution >= 0.6 is 0 Å². The summed E-state index contributed by atoms with van der Waals surface area (Å²) in [5.41, 5.74) is 1.36. The Morgan fingerprint density at radius 2 is 1.71 bits per heavy atom. The van der Waals surface area contributed by atoms with Gasteiger partial charge in [-0.15, -0.1) is 0 Å². The van der Waals surface area contributed by atoms with Crippen molar-refractivity contribution >= 4 is 15.9 Å². The zero-order valence-corrected chi connectivity index (χ0v) is 13.7. The third kappa shape index (κ3) is 5.19. The van der Waals surface area contributed by atoms with E-state index < -0.39 is 10.0 Å². The molecule has 0 radical (unpaired) electrons. The maximum Gasteiger partial charge on any atom is 0.240 e. The van der Waals surface area contributed by atoms with Gasteiger partial charge in [0.15, 0.2) is 0 Å². The summed E-state index contributed by atoms with van der Waals surface area (Å²) < 4.78 is 26.5. The molecule has 0 unspecified atom stereocenters. The molecule has 2 rings (SSSR count). The summed E-state index contributed by atoms with van der Waals surface area (Å²) in [5, 5.41) is 11.4. The van der Waals surface area contributed by atoms with E-state index in [9.17, 15) is 13.2 Å². The second-order valence-corrected chi connectivity index (χ2v) is 6.81. The standard InChI is InChI=1S/C17H17N3O3S/c18-12-14-6-8-16(9-7-14)24(22,23)20-11-10-17(21)19-13-15-4-2-1-3-5-15/h1-9,20H,10-11,13H2,(H,19,21). The third-order valence-electron chi connectivity index (χ3n) is 3.27. The highest BCUT2D eigenvalue weighted by Gasteiger charge is 2.14. The van der Waals surface area contributed by atoms with Gasteiger partial charge in [0.2, 0.25) is 15.9 Å². The van der Waals surface area contributed by atoms with Gasteiger partial charge in [-0.2, -0.15) is 5.26 Å². The van der Waals surface area contributed by atoms with Gasteiger partial charge in [-0.05, 0) is 29.8 Å². The van der Waals surface area contributed by atoms with Crippen molar-refractivity contribution < 1.29 is 13.2 Å². The van der Waals surface area contributed by atoms with Crippen molar-refractivity contribution in [1.29, 1.82) is 5.26 Å². The lowest BCUT2D eigenvalue weighted by Crippen LogP contribution is -2.30. The Morgan fingerprint density at radius 3 is 2.33 bits per heavy atom. The molecule has 1 amide bonds. The molecular weight excluding hydrogens is 326 g/mol. The van der Waals surface area contributed by atoms with Crippen LogP contribution in [0.25, 0.3) is 0 Å². The van der Waals surface area contributed by atoms with Gasteiger partial charge < -0.3 is 5.32 Å². The first-order chi connectivity index (χ1) is 11.5. The SMILES string of the molecule is N#Cc1ccc(S(=O)(=O)NCCC(=O)NCc2ccccc2)cc1. The first-order valence-corrected chi connectivity index (χ1v) is 8.80. The maximum atomic E-state index is 12.1. The monoisotopic (exact) mass is 343 g/mol. The van der Waals surface area contributed by atoms with E-state index in [-0.39, 0.29) is 23.8 Å². The highest BCUT2D eigenvalue weighted by atomic mass is 32.2. The maximum absolute atomic E-state index is 12.1. The molecule has 0 saturated carbocycles. The Balaban J connectivity index is 1.79. The van der Waals surface area contributed by atoms with Crippen LogP contribution in [0.5, 0.6) is 0 Å². The van der Waals surface area contributed by atoms with Crippen LogP contribution in [0.15, 0.2) is 59.5 Å². The van der Waals surface area contributed by atoms with Crippen molar-refractivity contribution in [2.75, 3.05) is 6.54 Å². The third-order valence-corrected chi connectivity index (χ3v) is 4.75. The summed E-state index contributed by atoms with van der Waals surface area (Å²) in [6.07, 6.45) is 0.0440. The summed E-state index contributed by atoms with van der Waals surface area (Å²) in [7, 11) is -3.69. The molecular formula is C17H17N3O3S. The van der Waals surface area contributed by atoms with Crippen LogP contribution in [0.1, 0.15) is 17.5 Å². The average molecular weight is 343 g/mol. The zero-order valence-electron chi connectivity index (χ0n) is 12.9. The van der Waals surface area contributed by atoms with Gasteiger partial charge in [-0.1, -0.05) is 30.3 Å². The highest BCUT2D eigenvalue weighted by molar-refractivity contribution is 7.89. The molecule has 0 aliphatic carbocycles. The van der Waals surface area contributed by atoms with Crippen molar-refractivity contribution in [1.82, 2.24) is 10.0 Å². The Morgan fingerprint density at radius 1 is 1.04 bits per heavy atom. The highest BCUT2D eigenvalue weighted by Crippen LogP contribution is 2.09. The van der Waals surface area contributed by atoms with E-state index in [0.29, 0.717) is 12.1 Å². The van der Waals surface area contributed by atoms with Crippen LogP contribution in [-0.2, 0) is 21.4 Å². The molecule has 2 N–H and O–H groups in total. The lowest BCUT2D eigenvalue weighted by molar-refractivity contribution is -0.121. The number of rotatable bonds is 7. The Hall–Kier alpha value is -2.69. The number of nitriles is 1. The minimum atomic E-state index is -3.69. The topological polar surface area (TPSA) is 99.1 Å². The Kier molecular flexibility index (Phi) is 6.07. The molecule has 0 aromatic heterocycles. The lowest BCUT2D eigenvalue weighted by atomic mass is 10.2. The first-order valence-electron chi connectivity index (χ1n) is 7.32. The fraction of sp³-hybridized carbons (Fsp3) is 0.176. The quantitative estimate of drug-likeness (QED) is 0.796. The van der Waals surface area contributed by atoms with Crippen LogP contribution < -0.4 is 10.0 Å². The predicted molar refractivity (Wildman–Crippen MR) is 89.3 cm³/mol. The van der Waals surface area contributed by atoms with Crippen LogP contribution in [0.2, 0.25) is 0 Å². The number of amides is 1. The van der Waals surface area contributed by atoms with Gasteiger partial charge in [-0.3, -0.25) is 4.79 Å². The van der Waals surface area contributed by atoms with Crippen LogP contribution in [0.3, 0.4) is 0 Å². The smallest absolute Gasteiger partial charge is 0.240 e. The molecule has 24 heavy (non-hydrogen) atoms. The first kappa shape index (κ1) is 17.7. The van der Waals surface area contributed by atoms with Gasteiger partial charge in [0.05, 0.1) is 16.5 Å².